The smallest absolute Gasteiger partial charge is 0.207 e. The van der Waals surface area contributed by atoms with E-state index in [0.717, 1.165) is 76.2 Å². The molecule has 184 valence electrons. The normalized spacial score (nSPS) is 13.8. The van der Waals surface area contributed by atoms with Crippen LogP contribution in [0.4, 0.5) is 5.69 Å². The quantitative estimate of drug-likeness (QED) is 0.363. The molecule has 1 aliphatic heterocycles. The van der Waals surface area contributed by atoms with Gasteiger partial charge in [-0.15, -0.1) is 0 Å². The van der Waals surface area contributed by atoms with Crippen LogP contribution in [0.3, 0.4) is 0 Å². The van der Waals surface area contributed by atoms with Crippen LogP contribution in [0, 0.1) is 23.7 Å². The molecule has 1 aliphatic rings. The summed E-state index contributed by atoms with van der Waals surface area (Å²) in [5.74, 6) is 0. The minimum absolute atomic E-state index is 0.322. The van der Waals surface area contributed by atoms with E-state index < -0.39 is 0 Å². The summed E-state index contributed by atoms with van der Waals surface area (Å²) in [6, 6.07) is 20.4. The Bertz CT molecular complexity index is 1770. The maximum absolute atomic E-state index is 10.1. The lowest BCUT2D eigenvalue weighted by Gasteiger charge is -2.30. The lowest BCUT2D eigenvalue weighted by molar-refractivity contribution is 0.589. The van der Waals surface area contributed by atoms with Crippen molar-refractivity contribution < 1.29 is 0 Å². The summed E-state index contributed by atoms with van der Waals surface area (Å²) in [7, 11) is 1.88. The first-order valence-corrected chi connectivity index (χ1v) is 12.7. The van der Waals surface area contributed by atoms with E-state index in [1.165, 1.54) is 0 Å². The van der Waals surface area contributed by atoms with E-state index in [2.05, 4.69) is 41.4 Å². The van der Waals surface area contributed by atoms with Gasteiger partial charge in [0.15, 0.2) is 0 Å². The van der Waals surface area contributed by atoms with Gasteiger partial charge >= 0.3 is 0 Å². The highest BCUT2D eigenvalue weighted by atomic mass is 35.5. The largest absolute Gasteiger partial charge is 0.368 e. The molecule has 1 saturated heterocycles. The summed E-state index contributed by atoms with van der Waals surface area (Å²) >= 11 is 6.12. The van der Waals surface area contributed by atoms with Gasteiger partial charge in [0.2, 0.25) is 5.62 Å². The van der Waals surface area contributed by atoms with Crippen molar-refractivity contribution >= 4 is 39.2 Å². The van der Waals surface area contributed by atoms with E-state index in [1.54, 1.807) is 0 Å². The second-order valence-corrected chi connectivity index (χ2v) is 9.89. The summed E-state index contributed by atoms with van der Waals surface area (Å²) in [4.78, 5) is 6.96. The minimum atomic E-state index is 0.322. The number of hydrogen-bond acceptors (Lipinski definition) is 5. The van der Waals surface area contributed by atoms with Crippen LogP contribution < -0.4 is 15.8 Å². The Hall–Kier alpha value is -4.12. The second kappa shape index (κ2) is 9.07. The molecular weight excluding hydrogens is 482 g/mol. The van der Waals surface area contributed by atoms with Crippen molar-refractivity contribution in [2.45, 2.75) is 6.92 Å². The first kappa shape index (κ1) is 23.3. The SMILES string of the molecule is Cc1cc(N2CCNCC2)c(C#N)cc1-n1c(=N)n(C)c2cnc3ccc(-c4ccc(Cl)cc4)cc3c21. The first-order valence-electron chi connectivity index (χ1n) is 12.3. The van der Waals surface area contributed by atoms with Crippen molar-refractivity contribution in [3.63, 3.8) is 0 Å². The molecule has 8 heteroatoms. The second-order valence-electron chi connectivity index (χ2n) is 9.45. The van der Waals surface area contributed by atoms with Crippen molar-refractivity contribution in [3.8, 4) is 22.9 Å². The molecule has 7 nitrogen and oxygen atoms in total. The number of nitrogens with zero attached hydrogens (tertiary/aromatic N) is 5. The highest BCUT2D eigenvalue weighted by Crippen LogP contribution is 2.33. The van der Waals surface area contributed by atoms with Crippen molar-refractivity contribution in [1.82, 2.24) is 19.4 Å². The van der Waals surface area contributed by atoms with Crippen LogP contribution in [0.1, 0.15) is 11.1 Å². The zero-order valence-corrected chi connectivity index (χ0v) is 21.5. The number of aryl methyl sites for hydroxylation is 2. The lowest BCUT2D eigenvalue weighted by Crippen LogP contribution is -2.43. The number of imidazole rings is 1. The molecule has 6 rings (SSSR count). The monoisotopic (exact) mass is 507 g/mol. The fraction of sp³-hybridized carbons (Fsp3) is 0.207. The fourth-order valence-electron chi connectivity index (χ4n) is 5.25. The van der Waals surface area contributed by atoms with Gasteiger partial charge in [0.25, 0.3) is 0 Å². The zero-order chi connectivity index (χ0) is 25.7. The number of piperazine rings is 1. The Labute approximate surface area is 219 Å². The molecule has 5 aromatic rings. The number of aromatic nitrogens is 3. The number of anilines is 1. The summed E-state index contributed by atoms with van der Waals surface area (Å²) in [5.41, 5.74) is 8.44. The van der Waals surface area contributed by atoms with E-state index in [-0.39, 0.29) is 0 Å². The predicted molar refractivity (Wildman–Crippen MR) is 148 cm³/mol. The molecule has 0 atom stereocenters. The molecule has 0 spiro atoms. The fourth-order valence-corrected chi connectivity index (χ4v) is 5.38. The van der Waals surface area contributed by atoms with Crippen LogP contribution >= 0.6 is 11.6 Å². The highest BCUT2D eigenvalue weighted by Gasteiger charge is 2.20. The summed E-state index contributed by atoms with van der Waals surface area (Å²) in [6.45, 7) is 5.58. The minimum Gasteiger partial charge on any atom is -0.368 e. The Morgan fingerprint density at radius 1 is 1.00 bits per heavy atom. The first-order chi connectivity index (χ1) is 18.0. The maximum atomic E-state index is 10.1. The summed E-state index contributed by atoms with van der Waals surface area (Å²) < 4.78 is 3.79. The van der Waals surface area contributed by atoms with E-state index in [0.29, 0.717) is 16.2 Å². The number of fused-ring (bicyclic) bond motifs is 3. The van der Waals surface area contributed by atoms with E-state index in [1.807, 2.05) is 58.8 Å². The van der Waals surface area contributed by atoms with Crippen molar-refractivity contribution in [2.24, 2.45) is 7.05 Å². The van der Waals surface area contributed by atoms with Gasteiger partial charge in [-0.1, -0.05) is 29.8 Å². The molecule has 37 heavy (non-hydrogen) atoms. The Balaban J connectivity index is 1.61. The third-order valence-electron chi connectivity index (χ3n) is 7.25. The number of benzene rings is 3. The molecule has 0 bridgehead atoms. The molecular formula is C29H26ClN7. The molecule has 3 aromatic carbocycles. The molecule has 0 aliphatic carbocycles. The van der Waals surface area contributed by atoms with Crippen LogP contribution in [0.2, 0.25) is 5.02 Å². The third kappa shape index (κ3) is 3.86. The van der Waals surface area contributed by atoms with Crippen LogP contribution in [0.5, 0.6) is 0 Å². The molecule has 0 amide bonds. The lowest BCUT2D eigenvalue weighted by atomic mass is 10.0. The van der Waals surface area contributed by atoms with Crippen LogP contribution in [-0.4, -0.2) is 40.3 Å². The maximum Gasteiger partial charge on any atom is 0.207 e. The standard InChI is InChI=1S/C29H26ClN7/c1-18-13-26(36-11-9-33-10-12-36)21(16-31)15-25(18)37-28-23-14-20(19-3-6-22(30)7-4-19)5-8-24(23)34-17-27(28)35(2)29(37)32/h3-8,13-15,17,32-33H,9-12H2,1-2H3. The topological polar surface area (TPSA) is 85.7 Å². The van der Waals surface area contributed by atoms with Gasteiger partial charge in [0.05, 0.1) is 39.7 Å². The Morgan fingerprint density at radius 2 is 1.73 bits per heavy atom. The molecule has 2 aromatic heterocycles. The van der Waals surface area contributed by atoms with Crippen molar-refractivity contribution in [3.05, 3.63) is 82.6 Å². The van der Waals surface area contributed by atoms with Crippen molar-refractivity contribution in [2.75, 3.05) is 31.1 Å². The predicted octanol–water partition coefficient (Wildman–Crippen LogP) is 4.91. The number of nitriles is 1. The number of nitrogens with one attached hydrogen (secondary N) is 2. The van der Waals surface area contributed by atoms with E-state index in [9.17, 15) is 5.26 Å². The van der Waals surface area contributed by atoms with Gasteiger partial charge in [-0.25, -0.2) is 0 Å². The zero-order valence-electron chi connectivity index (χ0n) is 20.7. The van der Waals surface area contributed by atoms with Crippen LogP contribution in [0.25, 0.3) is 38.8 Å². The number of rotatable bonds is 3. The highest BCUT2D eigenvalue weighted by molar-refractivity contribution is 6.30. The molecule has 0 unspecified atom stereocenters. The van der Waals surface area contributed by atoms with Gasteiger partial charge in [0.1, 0.15) is 6.07 Å². The van der Waals surface area contributed by atoms with E-state index >= 15 is 0 Å². The average Bonchev–Trinajstić information content (AvgIpc) is 3.19. The van der Waals surface area contributed by atoms with Crippen molar-refractivity contribution in [1.29, 1.82) is 10.7 Å². The molecule has 3 heterocycles. The summed E-state index contributed by atoms with van der Waals surface area (Å²) in [6.07, 6.45) is 1.82. The molecule has 0 radical (unpaired) electrons. The van der Waals surface area contributed by atoms with Gasteiger partial charge in [0, 0.05) is 43.6 Å². The Morgan fingerprint density at radius 3 is 2.46 bits per heavy atom. The number of pyridine rings is 1. The molecule has 2 N–H and O–H groups in total. The van der Waals surface area contributed by atoms with Crippen LogP contribution in [-0.2, 0) is 7.05 Å². The van der Waals surface area contributed by atoms with Gasteiger partial charge in [-0.05, 0) is 60.0 Å². The van der Waals surface area contributed by atoms with Gasteiger partial charge < -0.3 is 14.8 Å². The average molecular weight is 508 g/mol. The number of halogens is 1. The van der Waals surface area contributed by atoms with E-state index in [4.69, 9.17) is 22.0 Å². The van der Waals surface area contributed by atoms with Gasteiger partial charge in [-0.3, -0.25) is 15.0 Å². The molecule has 1 fully saturated rings. The van der Waals surface area contributed by atoms with Crippen LogP contribution in [0.15, 0.2) is 60.8 Å². The summed E-state index contributed by atoms with van der Waals surface area (Å²) in [5, 5.41) is 24.1. The third-order valence-corrected chi connectivity index (χ3v) is 7.50. The van der Waals surface area contributed by atoms with Gasteiger partial charge in [-0.2, -0.15) is 5.26 Å². The molecule has 0 saturated carbocycles. The number of hydrogen-bond donors (Lipinski definition) is 2. The Kier molecular flexibility index (Phi) is 5.71.